The molecule has 3 rings (SSSR count). The Morgan fingerprint density at radius 1 is 0.941 bits per heavy atom. The Kier molecular flexibility index (Phi) is 2.60. The van der Waals surface area contributed by atoms with Crippen LogP contribution in [-0.2, 0) is 6.42 Å². The number of benzene rings is 2. The predicted molar refractivity (Wildman–Crippen MR) is 69.3 cm³/mol. The zero-order valence-corrected chi connectivity index (χ0v) is 9.76. The molecule has 2 aromatic carbocycles. The lowest BCUT2D eigenvalue weighted by Gasteiger charge is -2.26. The first-order valence-electron chi connectivity index (χ1n) is 6.22. The third-order valence-corrected chi connectivity index (χ3v) is 3.68. The van der Waals surface area contributed by atoms with Gasteiger partial charge in [0.25, 0.3) is 0 Å². The minimum atomic E-state index is 0.451. The summed E-state index contributed by atoms with van der Waals surface area (Å²) in [6, 6.07) is 16.5. The highest BCUT2D eigenvalue weighted by molar-refractivity contribution is 5.46. The summed E-state index contributed by atoms with van der Waals surface area (Å²) in [5.74, 6) is 0.912. The summed E-state index contributed by atoms with van der Waals surface area (Å²) in [4.78, 5) is 0. The van der Waals surface area contributed by atoms with Gasteiger partial charge in [0.2, 0.25) is 0 Å². The van der Waals surface area contributed by atoms with E-state index in [4.69, 9.17) is 0 Å². The Morgan fingerprint density at radius 3 is 2.59 bits per heavy atom. The van der Waals surface area contributed by atoms with Gasteiger partial charge in [-0.3, -0.25) is 0 Å². The summed E-state index contributed by atoms with van der Waals surface area (Å²) < 4.78 is 0. The van der Waals surface area contributed by atoms with Gasteiger partial charge < -0.3 is 5.11 Å². The van der Waals surface area contributed by atoms with E-state index in [2.05, 4.69) is 36.4 Å². The average Bonchev–Trinajstić information content (AvgIpc) is 2.40. The lowest BCUT2D eigenvalue weighted by molar-refractivity contribution is 0.459. The van der Waals surface area contributed by atoms with Gasteiger partial charge in [-0.1, -0.05) is 42.5 Å². The van der Waals surface area contributed by atoms with Gasteiger partial charge in [0.15, 0.2) is 0 Å². The van der Waals surface area contributed by atoms with E-state index in [9.17, 15) is 5.11 Å². The molecule has 86 valence electrons. The van der Waals surface area contributed by atoms with Crippen molar-refractivity contribution < 1.29 is 5.11 Å². The Morgan fingerprint density at radius 2 is 1.76 bits per heavy atom. The Bertz CT molecular complexity index is 516. The molecule has 1 heteroatoms. The standard InChI is InChI=1S/C16H16O/c17-16-11-5-9-14-13(8-4-10-15(14)16)12-6-2-1-3-7-12/h1-3,5-7,9,11,13,17H,4,8,10H2. The number of fused-ring (bicyclic) bond motifs is 1. The molecule has 0 amide bonds. The third kappa shape index (κ3) is 1.82. The maximum Gasteiger partial charge on any atom is 0.119 e. The van der Waals surface area contributed by atoms with Crippen LogP contribution in [-0.4, -0.2) is 5.11 Å². The molecule has 1 aliphatic carbocycles. The molecule has 0 aromatic heterocycles. The van der Waals surface area contributed by atoms with Crippen LogP contribution in [0.4, 0.5) is 0 Å². The summed E-state index contributed by atoms with van der Waals surface area (Å²) in [7, 11) is 0. The van der Waals surface area contributed by atoms with Crippen molar-refractivity contribution in [3.05, 3.63) is 65.2 Å². The van der Waals surface area contributed by atoms with Crippen LogP contribution in [0.3, 0.4) is 0 Å². The number of hydrogen-bond acceptors (Lipinski definition) is 1. The van der Waals surface area contributed by atoms with Crippen LogP contribution in [0.5, 0.6) is 5.75 Å². The largest absolute Gasteiger partial charge is 0.508 e. The second-order valence-corrected chi connectivity index (χ2v) is 4.70. The maximum absolute atomic E-state index is 9.92. The van der Waals surface area contributed by atoms with Crippen molar-refractivity contribution in [1.82, 2.24) is 0 Å². The lowest BCUT2D eigenvalue weighted by Crippen LogP contribution is -2.10. The molecule has 0 aliphatic heterocycles. The number of aromatic hydroxyl groups is 1. The molecule has 1 unspecified atom stereocenters. The fraction of sp³-hybridized carbons (Fsp3) is 0.250. The maximum atomic E-state index is 9.92. The van der Waals surface area contributed by atoms with Crippen LogP contribution in [0.2, 0.25) is 0 Å². The van der Waals surface area contributed by atoms with Crippen molar-refractivity contribution in [3.63, 3.8) is 0 Å². The number of rotatable bonds is 1. The van der Waals surface area contributed by atoms with Crippen LogP contribution in [0, 0.1) is 0 Å². The van der Waals surface area contributed by atoms with Gasteiger partial charge in [0.1, 0.15) is 5.75 Å². The quantitative estimate of drug-likeness (QED) is 0.779. The number of phenolic OH excluding ortho intramolecular Hbond substituents is 1. The van der Waals surface area contributed by atoms with E-state index in [1.54, 1.807) is 6.07 Å². The smallest absolute Gasteiger partial charge is 0.119 e. The molecule has 2 aromatic rings. The molecule has 0 radical (unpaired) electrons. The van der Waals surface area contributed by atoms with E-state index in [0.29, 0.717) is 11.7 Å². The molecule has 0 saturated carbocycles. The highest BCUT2D eigenvalue weighted by Crippen LogP contribution is 2.39. The summed E-state index contributed by atoms with van der Waals surface area (Å²) >= 11 is 0. The second-order valence-electron chi connectivity index (χ2n) is 4.70. The summed E-state index contributed by atoms with van der Waals surface area (Å²) in [5.41, 5.74) is 3.81. The molecular formula is C16H16O. The van der Waals surface area contributed by atoms with Crippen molar-refractivity contribution >= 4 is 0 Å². The minimum Gasteiger partial charge on any atom is -0.508 e. The van der Waals surface area contributed by atoms with Crippen molar-refractivity contribution in [2.75, 3.05) is 0 Å². The van der Waals surface area contributed by atoms with Crippen molar-refractivity contribution in [2.45, 2.75) is 25.2 Å². The number of hydrogen-bond donors (Lipinski definition) is 1. The first-order valence-corrected chi connectivity index (χ1v) is 6.22. The average molecular weight is 224 g/mol. The Labute approximate surface area is 102 Å². The first-order chi connectivity index (χ1) is 8.36. The molecule has 1 aliphatic rings. The van der Waals surface area contributed by atoms with Crippen LogP contribution >= 0.6 is 0 Å². The van der Waals surface area contributed by atoms with Crippen LogP contribution < -0.4 is 0 Å². The van der Waals surface area contributed by atoms with E-state index < -0.39 is 0 Å². The molecule has 0 bridgehead atoms. The fourth-order valence-corrected chi connectivity index (χ4v) is 2.86. The van der Waals surface area contributed by atoms with Gasteiger partial charge in [-0.05, 0) is 42.0 Å². The van der Waals surface area contributed by atoms with Crippen molar-refractivity contribution in [3.8, 4) is 5.75 Å². The SMILES string of the molecule is Oc1cccc2c1CCCC2c1ccccc1. The summed E-state index contributed by atoms with van der Waals surface area (Å²) in [6.07, 6.45) is 3.34. The van der Waals surface area contributed by atoms with Gasteiger partial charge in [-0.25, -0.2) is 0 Å². The van der Waals surface area contributed by atoms with Crippen molar-refractivity contribution in [1.29, 1.82) is 0 Å². The molecule has 0 spiro atoms. The van der Waals surface area contributed by atoms with E-state index in [1.165, 1.54) is 17.5 Å². The summed E-state index contributed by atoms with van der Waals surface area (Å²) in [5, 5.41) is 9.92. The molecule has 17 heavy (non-hydrogen) atoms. The van der Waals surface area contributed by atoms with Gasteiger partial charge in [0, 0.05) is 5.92 Å². The van der Waals surface area contributed by atoms with Gasteiger partial charge in [0.05, 0.1) is 0 Å². The van der Waals surface area contributed by atoms with Crippen molar-refractivity contribution in [2.24, 2.45) is 0 Å². The van der Waals surface area contributed by atoms with Crippen LogP contribution in [0.15, 0.2) is 48.5 Å². The topological polar surface area (TPSA) is 20.2 Å². The van der Waals surface area contributed by atoms with Crippen LogP contribution in [0.25, 0.3) is 0 Å². The first kappa shape index (κ1) is 10.4. The minimum absolute atomic E-state index is 0.451. The Hall–Kier alpha value is -1.76. The molecule has 0 fully saturated rings. The van der Waals surface area contributed by atoms with Gasteiger partial charge in [-0.2, -0.15) is 0 Å². The van der Waals surface area contributed by atoms with E-state index in [0.717, 1.165) is 18.4 Å². The monoisotopic (exact) mass is 224 g/mol. The number of phenols is 1. The normalized spacial score (nSPS) is 18.7. The lowest BCUT2D eigenvalue weighted by atomic mass is 9.79. The molecule has 0 heterocycles. The molecule has 1 N–H and O–H groups in total. The zero-order valence-electron chi connectivity index (χ0n) is 9.76. The molecular weight excluding hydrogens is 208 g/mol. The summed E-state index contributed by atoms with van der Waals surface area (Å²) in [6.45, 7) is 0. The second kappa shape index (κ2) is 4.25. The molecule has 1 nitrogen and oxygen atoms in total. The molecule has 1 atom stereocenters. The Balaban J connectivity index is 2.09. The highest BCUT2D eigenvalue weighted by Gasteiger charge is 2.23. The van der Waals surface area contributed by atoms with Gasteiger partial charge >= 0.3 is 0 Å². The highest BCUT2D eigenvalue weighted by atomic mass is 16.3. The zero-order chi connectivity index (χ0) is 11.7. The van der Waals surface area contributed by atoms with E-state index in [-0.39, 0.29) is 0 Å². The third-order valence-electron chi connectivity index (χ3n) is 3.68. The van der Waals surface area contributed by atoms with E-state index in [1.807, 2.05) is 6.07 Å². The van der Waals surface area contributed by atoms with E-state index >= 15 is 0 Å². The molecule has 0 saturated heterocycles. The predicted octanol–water partition coefficient (Wildman–Crippen LogP) is 3.86. The van der Waals surface area contributed by atoms with Gasteiger partial charge in [-0.15, -0.1) is 0 Å². The van der Waals surface area contributed by atoms with Crippen LogP contribution in [0.1, 0.15) is 35.4 Å². The fourth-order valence-electron chi connectivity index (χ4n) is 2.86.